The lowest BCUT2D eigenvalue weighted by Gasteiger charge is -2.32. The average Bonchev–Trinajstić information content (AvgIpc) is 3.02. The Morgan fingerprint density at radius 3 is 2.58 bits per heavy atom. The number of aromatic nitrogens is 2. The van der Waals surface area contributed by atoms with Crippen LogP contribution in [0.3, 0.4) is 0 Å². The Morgan fingerprint density at radius 2 is 1.94 bits per heavy atom. The van der Waals surface area contributed by atoms with E-state index in [1.54, 1.807) is 0 Å². The van der Waals surface area contributed by atoms with Gasteiger partial charge in [0.15, 0.2) is 22.6 Å². The molecule has 4 atom stereocenters. The molecule has 176 valence electrons. The lowest BCUT2D eigenvalue weighted by molar-refractivity contribution is -0.275. The third kappa shape index (κ3) is 3.50. The van der Waals surface area contributed by atoms with Gasteiger partial charge in [-0.25, -0.2) is 14.1 Å². The van der Waals surface area contributed by atoms with Crippen molar-refractivity contribution in [3.05, 3.63) is 69.8 Å². The molecule has 3 heterocycles. The van der Waals surface area contributed by atoms with E-state index < -0.39 is 52.5 Å². The molecule has 0 bridgehead atoms. The predicted molar refractivity (Wildman–Crippen MR) is 105 cm³/mol. The van der Waals surface area contributed by atoms with Crippen LogP contribution in [0.25, 0.3) is 11.3 Å². The molecule has 0 spiro atoms. The van der Waals surface area contributed by atoms with Crippen molar-refractivity contribution in [2.45, 2.75) is 37.6 Å². The largest absolute Gasteiger partial charge is 0.493 e. The van der Waals surface area contributed by atoms with Crippen LogP contribution >= 0.6 is 0 Å². The molecule has 0 unspecified atom stereocenters. The zero-order chi connectivity index (χ0) is 24.3. The first-order valence-electron chi connectivity index (χ1n) is 9.87. The molecule has 1 aromatic carbocycles. The van der Waals surface area contributed by atoms with E-state index in [9.17, 15) is 32.0 Å². The summed E-state index contributed by atoms with van der Waals surface area (Å²) < 4.78 is 81.7. The Bertz CT molecular complexity index is 1240. The minimum Gasteiger partial charge on any atom is -0.493 e. The molecule has 1 fully saturated rings. The minimum atomic E-state index is -4.81. The molecule has 1 N–H and O–H groups in total. The van der Waals surface area contributed by atoms with Gasteiger partial charge < -0.3 is 14.7 Å². The number of ether oxygens (including phenoxy) is 2. The minimum absolute atomic E-state index is 0.0373. The van der Waals surface area contributed by atoms with Gasteiger partial charge in [-0.05, 0) is 19.1 Å². The van der Waals surface area contributed by atoms with Gasteiger partial charge in [0.25, 0.3) is 0 Å². The fourth-order valence-electron chi connectivity index (χ4n) is 4.36. The van der Waals surface area contributed by atoms with Crippen molar-refractivity contribution >= 4 is 0 Å². The van der Waals surface area contributed by atoms with Crippen molar-refractivity contribution in [1.29, 1.82) is 0 Å². The van der Waals surface area contributed by atoms with Crippen molar-refractivity contribution in [3.63, 3.8) is 0 Å². The van der Waals surface area contributed by atoms with Gasteiger partial charge in [0.05, 0.1) is 30.3 Å². The van der Waals surface area contributed by atoms with Crippen LogP contribution in [-0.4, -0.2) is 33.8 Å². The van der Waals surface area contributed by atoms with E-state index in [0.717, 1.165) is 38.4 Å². The summed E-state index contributed by atoms with van der Waals surface area (Å²) in [4.78, 5) is 16.9. The number of pyridine rings is 2. The smallest absolute Gasteiger partial charge is 0.417 e. The van der Waals surface area contributed by atoms with Crippen LogP contribution in [0.15, 0.2) is 41.5 Å². The van der Waals surface area contributed by atoms with Crippen LogP contribution < -0.4 is 10.2 Å². The van der Waals surface area contributed by atoms with Crippen LogP contribution in [0.2, 0.25) is 0 Å². The molecule has 1 aromatic rings. The highest BCUT2D eigenvalue weighted by molar-refractivity contribution is 5.59. The van der Waals surface area contributed by atoms with Crippen molar-refractivity contribution in [2.24, 2.45) is 5.92 Å². The Balaban J connectivity index is 1.95. The number of alkyl halides is 3. The van der Waals surface area contributed by atoms with E-state index >= 15 is 0 Å². The van der Waals surface area contributed by atoms with E-state index in [0.29, 0.717) is 4.73 Å². The topological polar surface area (TPSA) is 73.6 Å². The molecule has 1 saturated heterocycles. The normalized spacial score (nSPS) is 25.5. The van der Waals surface area contributed by atoms with Crippen molar-refractivity contribution in [3.8, 4) is 17.0 Å². The van der Waals surface area contributed by atoms with Gasteiger partial charge in [0, 0.05) is 29.7 Å². The number of nitrogens with zero attached hydrogens (tertiary/aromatic N) is 2. The Labute approximate surface area is 184 Å². The van der Waals surface area contributed by atoms with E-state index in [4.69, 9.17) is 9.47 Å². The third-order valence-electron chi connectivity index (χ3n) is 6.32. The van der Waals surface area contributed by atoms with Crippen LogP contribution in [-0.2, 0) is 4.74 Å². The molecule has 6 nitrogen and oxygen atoms in total. The number of benzene rings is 1. The number of hydrogen-bond acceptors (Lipinski definition) is 5. The molecule has 0 amide bonds. The second-order valence-electron chi connectivity index (χ2n) is 8.11. The summed E-state index contributed by atoms with van der Waals surface area (Å²) in [6.45, 7) is 2.15. The summed E-state index contributed by atoms with van der Waals surface area (Å²) in [6, 6.07) is 4.27. The molecule has 0 aliphatic carbocycles. The predicted octanol–water partition coefficient (Wildman–Crippen LogP) is 4.68. The zero-order valence-corrected chi connectivity index (χ0v) is 17.7. The second kappa shape index (κ2) is 7.68. The first kappa shape index (κ1) is 23.0. The van der Waals surface area contributed by atoms with E-state index in [1.807, 2.05) is 0 Å². The van der Waals surface area contributed by atoms with Gasteiger partial charge in [-0.2, -0.15) is 17.6 Å². The highest BCUT2D eigenvalue weighted by Gasteiger charge is 2.65. The van der Waals surface area contributed by atoms with Crippen molar-refractivity contribution < 1.29 is 36.6 Å². The van der Waals surface area contributed by atoms with Crippen molar-refractivity contribution in [2.75, 3.05) is 7.11 Å². The highest BCUT2D eigenvalue weighted by Crippen LogP contribution is 2.59. The van der Waals surface area contributed by atoms with Crippen LogP contribution in [0.1, 0.15) is 37.1 Å². The maximum atomic E-state index is 14.5. The van der Waals surface area contributed by atoms with Gasteiger partial charge in [0.2, 0.25) is 5.82 Å². The number of halogens is 5. The van der Waals surface area contributed by atoms with Gasteiger partial charge in [-0.1, -0.05) is 13.0 Å². The zero-order valence-electron chi connectivity index (χ0n) is 17.7. The fourth-order valence-corrected chi connectivity index (χ4v) is 4.36. The number of hydrogen-bond donors (Lipinski definition) is 1. The van der Waals surface area contributed by atoms with Gasteiger partial charge in [-0.3, -0.25) is 4.79 Å². The van der Waals surface area contributed by atoms with Crippen LogP contribution in [0, 0.1) is 17.6 Å². The SMILES string of the molecule is COc1c([C@H]2[C@H](c3cc(=O)c4cn(O)ccc-4n3)O[C@@](C)(C(F)(F)F)[C@H]2C)ccc(F)c1F. The lowest BCUT2D eigenvalue weighted by atomic mass is 9.76. The summed E-state index contributed by atoms with van der Waals surface area (Å²) in [5.41, 5.74) is -3.28. The number of methoxy groups -OCH3 is 1. The second-order valence-corrected chi connectivity index (χ2v) is 8.11. The molecule has 4 rings (SSSR count). The molecule has 3 aliphatic rings. The molecule has 33 heavy (non-hydrogen) atoms. The van der Waals surface area contributed by atoms with E-state index in [-0.39, 0.29) is 22.5 Å². The number of rotatable bonds is 3. The lowest BCUT2D eigenvalue weighted by Crippen LogP contribution is -2.46. The first-order valence-corrected chi connectivity index (χ1v) is 9.87. The summed E-state index contributed by atoms with van der Waals surface area (Å²) >= 11 is 0. The first-order chi connectivity index (χ1) is 15.4. The Morgan fingerprint density at radius 1 is 1.24 bits per heavy atom. The monoisotopic (exact) mass is 470 g/mol. The molecule has 0 saturated carbocycles. The quantitative estimate of drug-likeness (QED) is 0.445. The molecular formula is C22H19F5N2O4. The standard InChI is InChI=1S/C22H19F5N2O4/c1-10-17(11-4-5-13(23)18(24)19(11)32-3)20(33-21(10,2)22(25,26)27)15-8-16(30)12-9-29(31)7-6-14(12)28-15/h4-10,17,20,31H,1-3H3/t10-,17-,20-,21+/m0/s1. The highest BCUT2D eigenvalue weighted by atomic mass is 19.4. The molecular weight excluding hydrogens is 451 g/mol. The summed E-state index contributed by atoms with van der Waals surface area (Å²) in [6.07, 6.45) is -3.93. The molecule has 11 heteroatoms. The van der Waals surface area contributed by atoms with Gasteiger partial charge >= 0.3 is 6.18 Å². The third-order valence-corrected chi connectivity index (χ3v) is 6.32. The molecule has 3 aliphatic heterocycles. The van der Waals surface area contributed by atoms with Crippen LogP contribution in [0.5, 0.6) is 5.75 Å². The summed E-state index contributed by atoms with van der Waals surface area (Å²) in [5.74, 6) is -5.58. The Kier molecular flexibility index (Phi) is 5.35. The van der Waals surface area contributed by atoms with Crippen molar-refractivity contribution in [1.82, 2.24) is 9.71 Å². The summed E-state index contributed by atoms with van der Waals surface area (Å²) in [5, 5.41) is 9.55. The maximum Gasteiger partial charge on any atom is 0.417 e. The van der Waals surface area contributed by atoms with Gasteiger partial charge in [-0.15, -0.1) is 0 Å². The number of fused-ring (bicyclic) bond motifs is 1. The van der Waals surface area contributed by atoms with E-state index in [1.165, 1.54) is 19.2 Å². The molecule has 0 aromatic heterocycles. The maximum absolute atomic E-state index is 14.5. The van der Waals surface area contributed by atoms with Gasteiger partial charge in [0.1, 0.15) is 6.10 Å². The average molecular weight is 470 g/mol. The fraction of sp³-hybridized carbons (Fsp3) is 0.364. The Hall–Kier alpha value is -3.21. The molecule has 0 radical (unpaired) electrons. The van der Waals surface area contributed by atoms with E-state index in [2.05, 4.69) is 4.98 Å². The van der Waals surface area contributed by atoms with Crippen LogP contribution in [0.4, 0.5) is 22.0 Å². The summed E-state index contributed by atoms with van der Waals surface area (Å²) in [7, 11) is 1.08.